The van der Waals surface area contributed by atoms with Crippen molar-refractivity contribution < 1.29 is 4.79 Å². The van der Waals surface area contributed by atoms with E-state index in [1.165, 1.54) is 11.3 Å². The number of aromatic nitrogens is 2. The van der Waals surface area contributed by atoms with Crippen molar-refractivity contribution in [2.45, 2.75) is 26.2 Å². The standard InChI is InChI=1S/C18H24N4O.ClH/c1-13-7-4-5-9-15(13)22-16-10-6-8-14(16)17(20-22)18(23)21(3)12-11-19-2;/h4-5,7,9,19H,6,8,10-12H2,1-3H3;1H. The molecule has 1 amide bonds. The predicted molar refractivity (Wildman–Crippen MR) is 98.5 cm³/mol. The molecule has 24 heavy (non-hydrogen) atoms. The Bertz CT molecular complexity index is 726. The van der Waals surface area contributed by atoms with Crippen LogP contribution in [0.4, 0.5) is 0 Å². The number of para-hydroxylation sites is 1. The number of hydrogen-bond acceptors (Lipinski definition) is 3. The number of carbonyl (C=O) groups is 1. The number of benzene rings is 1. The first-order chi connectivity index (χ1) is 11.1. The van der Waals surface area contributed by atoms with Gasteiger partial charge in [-0.3, -0.25) is 4.79 Å². The first-order valence-corrected chi connectivity index (χ1v) is 8.20. The lowest BCUT2D eigenvalue weighted by molar-refractivity contribution is 0.0789. The first-order valence-electron chi connectivity index (χ1n) is 8.20. The maximum Gasteiger partial charge on any atom is 0.274 e. The summed E-state index contributed by atoms with van der Waals surface area (Å²) >= 11 is 0. The molecule has 0 saturated carbocycles. The van der Waals surface area contributed by atoms with E-state index in [1.54, 1.807) is 4.90 Å². The summed E-state index contributed by atoms with van der Waals surface area (Å²) in [6.45, 7) is 3.54. The molecule has 0 aliphatic heterocycles. The normalized spacial score (nSPS) is 12.6. The minimum Gasteiger partial charge on any atom is -0.339 e. The van der Waals surface area contributed by atoms with Gasteiger partial charge in [-0.15, -0.1) is 12.4 Å². The highest BCUT2D eigenvalue weighted by Gasteiger charge is 2.28. The van der Waals surface area contributed by atoms with Crippen molar-refractivity contribution in [1.29, 1.82) is 0 Å². The van der Waals surface area contributed by atoms with Gasteiger partial charge in [0.25, 0.3) is 5.91 Å². The highest BCUT2D eigenvalue weighted by molar-refractivity contribution is 5.94. The topological polar surface area (TPSA) is 50.2 Å². The number of halogens is 1. The molecule has 3 rings (SSSR count). The van der Waals surface area contributed by atoms with Crippen molar-refractivity contribution in [2.24, 2.45) is 0 Å². The maximum absolute atomic E-state index is 12.8. The first kappa shape index (κ1) is 18.5. The van der Waals surface area contributed by atoms with Crippen LogP contribution in [0.25, 0.3) is 5.69 Å². The van der Waals surface area contributed by atoms with E-state index in [2.05, 4.69) is 24.4 Å². The number of fused-ring (bicyclic) bond motifs is 1. The number of likely N-dealkylation sites (N-methyl/N-ethyl adjacent to an activating group) is 2. The molecule has 0 saturated heterocycles. The molecule has 0 unspecified atom stereocenters. The summed E-state index contributed by atoms with van der Waals surface area (Å²) in [6.07, 6.45) is 3.03. The number of carbonyl (C=O) groups excluding carboxylic acids is 1. The number of aryl methyl sites for hydroxylation is 1. The lowest BCUT2D eigenvalue weighted by atomic mass is 10.1. The van der Waals surface area contributed by atoms with Gasteiger partial charge in [0.2, 0.25) is 0 Å². The van der Waals surface area contributed by atoms with Gasteiger partial charge in [-0.05, 0) is 44.9 Å². The quantitative estimate of drug-likeness (QED) is 0.902. The zero-order valence-corrected chi connectivity index (χ0v) is 15.3. The van der Waals surface area contributed by atoms with E-state index in [9.17, 15) is 4.79 Å². The van der Waals surface area contributed by atoms with Crippen LogP contribution in [0.1, 0.15) is 33.7 Å². The van der Waals surface area contributed by atoms with Crippen LogP contribution in [0, 0.1) is 6.92 Å². The third-order valence-electron chi connectivity index (χ3n) is 4.52. The molecule has 5 nitrogen and oxygen atoms in total. The van der Waals surface area contributed by atoms with Gasteiger partial charge >= 0.3 is 0 Å². The second kappa shape index (κ2) is 7.81. The Balaban J connectivity index is 0.00000208. The fourth-order valence-electron chi connectivity index (χ4n) is 3.17. The molecule has 1 aliphatic rings. The minimum absolute atomic E-state index is 0. The Hall–Kier alpha value is -1.85. The van der Waals surface area contributed by atoms with E-state index in [1.807, 2.05) is 30.9 Å². The van der Waals surface area contributed by atoms with E-state index >= 15 is 0 Å². The van der Waals surface area contributed by atoms with Gasteiger partial charge in [-0.1, -0.05) is 18.2 Å². The van der Waals surface area contributed by atoms with Crippen LogP contribution in [0.3, 0.4) is 0 Å². The van der Waals surface area contributed by atoms with E-state index in [-0.39, 0.29) is 18.3 Å². The Morgan fingerprint density at radius 3 is 2.79 bits per heavy atom. The fraction of sp³-hybridized carbons (Fsp3) is 0.444. The molecule has 1 aliphatic carbocycles. The third kappa shape index (κ3) is 3.32. The van der Waals surface area contributed by atoms with Gasteiger partial charge < -0.3 is 10.2 Å². The van der Waals surface area contributed by atoms with Gasteiger partial charge in [0.1, 0.15) is 0 Å². The van der Waals surface area contributed by atoms with E-state index in [0.717, 1.165) is 37.1 Å². The van der Waals surface area contributed by atoms with Crippen LogP contribution >= 0.6 is 12.4 Å². The molecule has 0 bridgehead atoms. The molecule has 2 aromatic rings. The Morgan fingerprint density at radius 1 is 1.33 bits per heavy atom. The highest BCUT2D eigenvalue weighted by Crippen LogP contribution is 2.29. The molecule has 0 atom stereocenters. The van der Waals surface area contributed by atoms with Crippen molar-refractivity contribution in [3.05, 3.63) is 46.8 Å². The summed E-state index contributed by atoms with van der Waals surface area (Å²) in [6, 6.07) is 8.20. The van der Waals surface area contributed by atoms with Gasteiger partial charge in [0.15, 0.2) is 5.69 Å². The summed E-state index contributed by atoms with van der Waals surface area (Å²) in [4.78, 5) is 14.5. The van der Waals surface area contributed by atoms with Crippen LogP contribution in [0.2, 0.25) is 0 Å². The number of nitrogens with one attached hydrogen (secondary N) is 1. The summed E-state index contributed by atoms with van der Waals surface area (Å²) in [5, 5.41) is 7.77. The van der Waals surface area contributed by atoms with Crippen LogP contribution in [-0.2, 0) is 12.8 Å². The zero-order valence-electron chi connectivity index (χ0n) is 14.5. The van der Waals surface area contributed by atoms with Crippen LogP contribution in [-0.4, -0.2) is 47.8 Å². The van der Waals surface area contributed by atoms with Crippen molar-refractivity contribution >= 4 is 18.3 Å². The molecule has 1 heterocycles. The van der Waals surface area contributed by atoms with Gasteiger partial charge in [0.05, 0.1) is 5.69 Å². The lowest BCUT2D eigenvalue weighted by Gasteiger charge is -2.16. The van der Waals surface area contributed by atoms with Crippen LogP contribution in [0.15, 0.2) is 24.3 Å². The van der Waals surface area contributed by atoms with Crippen molar-refractivity contribution in [3.63, 3.8) is 0 Å². The Morgan fingerprint density at radius 2 is 2.08 bits per heavy atom. The highest BCUT2D eigenvalue weighted by atomic mass is 35.5. The SMILES string of the molecule is CNCCN(C)C(=O)c1nn(-c2ccccc2C)c2c1CCC2.Cl. The molecule has 1 aromatic carbocycles. The van der Waals surface area contributed by atoms with E-state index in [4.69, 9.17) is 5.10 Å². The molecule has 6 heteroatoms. The van der Waals surface area contributed by atoms with Crippen molar-refractivity contribution in [3.8, 4) is 5.69 Å². The van der Waals surface area contributed by atoms with E-state index < -0.39 is 0 Å². The number of rotatable bonds is 5. The smallest absolute Gasteiger partial charge is 0.274 e. The second-order valence-corrected chi connectivity index (χ2v) is 6.16. The molecular weight excluding hydrogens is 324 g/mol. The fourth-order valence-corrected chi connectivity index (χ4v) is 3.17. The molecule has 0 spiro atoms. The van der Waals surface area contributed by atoms with Gasteiger partial charge in [-0.25, -0.2) is 4.68 Å². The predicted octanol–water partition coefficient (Wildman–Crippen LogP) is 2.38. The molecular formula is C18H25ClN4O. The summed E-state index contributed by atoms with van der Waals surface area (Å²) in [5.74, 6) is 0.0192. The van der Waals surface area contributed by atoms with Gasteiger partial charge in [-0.2, -0.15) is 5.10 Å². The van der Waals surface area contributed by atoms with Crippen molar-refractivity contribution in [2.75, 3.05) is 27.2 Å². The maximum atomic E-state index is 12.8. The van der Waals surface area contributed by atoms with Crippen LogP contribution in [0.5, 0.6) is 0 Å². The number of hydrogen-bond donors (Lipinski definition) is 1. The molecule has 130 valence electrons. The Labute approximate surface area is 149 Å². The van der Waals surface area contributed by atoms with Crippen molar-refractivity contribution in [1.82, 2.24) is 20.0 Å². The second-order valence-electron chi connectivity index (χ2n) is 6.16. The molecule has 0 fully saturated rings. The average molecular weight is 349 g/mol. The van der Waals surface area contributed by atoms with E-state index in [0.29, 0.717) is 12.2 Å². The van der Waals surface area contributed by atoms with Gasteiger partial charge in [0, 0.05) is 31.4 Å². The monoisotopic (exact) mass is 348 g/mol. The summed E-state index contributed by atoms with van der Waals surface area (Å²) < 4.78 is 1.98. The largest absolute Gasteiger partial charge is 0.339 e. The minimum atomic E-state index is 0. The summed E-state index contributed by atoms with van der Waals surface area (Å²) in [7, 11) is 3.73. The molecule has 1 aromatic heterocycles. The molecule has 1 N–H and O–H groups in total. The molecule has 0 radical (unpaired) electrons. The third-order valence-corrected chi connectivity index (χ3v) is 4.52. The summed E-state index contributed by atoms with van der Waals surface area (Å²) in [5.41, 5.74) is 5.20. The lowest BCUT2D eigenvalue weighted by Crippen LogP contribution is -2.33. The zero-order chi connectivity index (χ0) is 16.4. The number of amides is 1. The Kier molecular flexibility index (Phi) is 6.02. The number of nitrogens with zero attached hydrogens (tertiary/aromatic N) is 3. The van der Waals surface area contributed by atoms with Crippen LogP contribution < -0.4 is 5.32 Å². The average Bonchev–Trinajstić information content (AvgIpc) is 3.15.